The lowest BCUT2D eigenvalue weighted by Crippen LogP contribution is -2.48. The topological polar surface area (TPSA) is 63.2 Å². The summed E-state index contributed by atoms with van der Waals surface area (Å²) in [6.07, 6.45) is 0.708. The van der Waals surface area contributed by atoms with Gasteiger partial charge in [-0.05, 0) is 27.2 Å². The minimum absolute atomic E-state index is 0.197. The molecule has 0 fully saturated rings. The molecule has 3 atom stereocenters. The summed E-state index contributed by atoms with van der Waals surface area (Å²) < 4.78 is 28.7. The smallest absolute Gasteiger partial charge is 0.436 e. The molecule has 3 unspecified atom stereocenters. The second-order valence-corrected chi connectivity index (χ2v) is 7.85. The van der Waals surface area contributed by atoms with Crippen LogP contribution in [-0.2, 0) is 27.5 Å². The van der Waals surface area contributed by atoms with Crippen LogP contribution in [0.5, 0.6) is 0 Å². The maximum absolute atomic E-state index is 11.5. The third-order valence-corrected chi connectivity index (χ3v) is 5.78. The van der Waals surface area contributed by atoms with Crippen molar-refractivity contribution in [3.8, 4) is 0 Å². The summed E-state index contributed by atoms with van der Waals surface area (Å²) >= 11 is 0. The van der Waals surface area contributed by atoms with E-state index in [-0.39, 0.29) is 18.2 Å². The number of hydrogen-bond donors (Lipinski definition) is 0. The molecule has 0 heterocycles. The summed E-state index contributed by atoms with van der Waals surface area (Å²) in [6.45, 7) is 14.4. The molecule has 0 aliphatic heterocycles. The predicted octanol–water partition coefficient (Wildman–Crippen LogP) is 3.52. The summed E-state index contributed by atoms with van der Waals surface area (Å²) in [5.41, 5.74) is 0. The molecule has 23 heavy (non-hydrogen) atoms. The number of hydrogen-bond acceptors (Lipinski definition) is 6. The van der Waals surface area contributed by atoms with Crippen LogP contribution in [0.2, 0.25) is 6.55 Å². The van der Waals surface area contributed by atoms with Crippen molar-refractivity contribution < 1.29 is 27.5 Å². The van der Waals surface area contributed by atoms with Crippen LogP contribution in [0.25, 0.3) is 0 Å². The number of carbonyl (C=O) groups is 1. The van der Waals surface area contributed by atoms with Crippen LogP contribution in [-0.4, -0.2) is 46.5 Å². The van der Waals surface area contributed by atoms with Crippen molar-refractivity contribution in [3.63, 3.8) is 0 Å². The Labute approximate surface area is 142 Å². The Morgan fingerprint density at radius 3 is 1.96 bits per heavy atom. The Hall–Kier alpha value is -0.473. The second-order valence-electron chi connectivity index (χ2n) is 5.32. The Kier molecular flexibility index (Phi) is 11.7. The molecule has 0 radical (unpaired) electrons. The van der Waals surface area contributed by atoms with Gasteiger partial charge in [0.1, 0.15) is 0 Å². The minimum atomic E-state index is -2.68. The van der Waals surface area contributed by atoms with Crippen molar-refractivity contribution >= 4 is 14.8 Å². The average Bonchev–Trinajstić information content (AvgIpc) is 2.50. The molecule has 0 aromatic carbocycles. The summed E-state index contributed by atoms with van der Waals surface area (Å²) in [4.78, 5) is 11.5. The molecule has 0 saturated heterocycles. The zero-order valence-electron chi connectivity index (χ0n) is 15.7. The minimum Gasteiger partial charge on any atom is -0.436 e. The van der Waals surface area contributed by atoms with Gasteiger partial charge in [0.15, 0.2) is 0 Å². The van der Waals surface area contributed by atoms with Gasteiger partial charge < -0.3 is 22.8 Å². The molecule has 0 spiro atoms. The predicted molar refractivity (Wildman–Crippen MR) is 91.0 cm³/mol. The van der Waals surface area contributed by atoms with Gasteiger partial charge in [-0.15, -0.1) is 0 Å². The van der Waals surface area contributed by atoms with E-state index < -0.39 is 15.1 Å². The molecular weight excluding hydrogens is 316 g/mol. The standard InChI is InChI=1S/C16H34O6Si/c1-8-14(20-16(10-3)21-15(17)9-2)13(6)22-23(7,18-11-4)19-12-5/h13-14,16H,8-12H2,1-7H3. The van der Waals surface area contributed by atoms with E-state index in [4.69, 9.17) is 22.8 Å². The Bertz CT molecular complexity index is 320. The van der Waals surface area contributed by atoms with E-state index in [9.17, 15) is 4.79 Å². The van der Waals surface area contributed by atoms with Crippen molar-refractivity contribution in [1.29, 1.82) is 0 Å². The maximum atomic E-state index is 11.5. The molecule has 138 valence electrons. The Morgan fingerprint density at radius 2 is 1.57 bits per heavy atom. The van der Waals surface area contributed by atoms with Crippen LogP contribution in [0.1, 0.15) is 60.8 Å². The molecule has 6 nitrogen and oxygen atoms in total. The quantitative estimate of drug-likeness (QED) is 0.288. The summed E-state index contributed by atoms with van der Waals surface area (Å²) in [6, 6.07) is 0. The van der Waals surface area contributed by atoms with Gasteiger partial charge >= 0.3 is 14.8 Å². The second kappa shape index (κ2) is 12.0. The molecule has 0 aliphatic rings. The molecule has 0 bridgehead atoms. The first-order valence-electron chi connectivity index (χ1n) is 8.66. The van der Waals surface area contributed by atoms with Gasteiger partial charge in [0.05, 0.1) is 12.2 Å². The Balaban J connectivity index is 4.75. The first-order chi connectivity index (χ1) is 10.9. The zero-order valence-corrected chi connectivity index (χ0v) is 16.7. The number of esters is 1. The van der Waals surface area contributed by atoms with Crippen LogP contribution in [0.3, 0.4) is 0 Å². The summed E-state index contributed by atoms with van der Waals surface area (Å²) in [7, 11) is -2.68. The third-order valence-electron chi connectivity index (χ3n) is 3.35. The van der Waals surface area contributed by atoms with Gasteiger partial charge in [-0.2, -0.15) is 0 Å². The normalized spacial score (nSPS) is 16.0. The fraction of sp³-hybridized carbons (Fsp3) is 0.938. The number of rotatable bonds is 13. The molecule has 0 aromatic rings. The first kappa shape index (κ1) is 22.5. The zero-order chi connectivity index (χ0) is 17.9. The van der Waals surface area contributed by atoms with Crippen molar-refractivity contribution in [2.75, 3.05) is 13.2 Å². The fourth-order valence-electron chi connectivity index (χ4n) is 2.22. The maximum Gasteiger partial charge on any atom is 0.497 e. The van der Waals surface area contributed by atoms with E-state index in [2.05, 4.69) is 0 Å². The SMILES string of the molecule is CCO[Si](C)(OCC)OC(C)C(CC)OC(CC)OC(=O)CC. The van der Waals surface area contributed by atoms with E-state index >= 15 is 0 Å². The third kappa shape index (κ3) is 8.81. The summed E-state index contributed by atoms with van der Waals surface area (Å²) in [5, 5.41) is 0. The number of carbonyl (C=O) groups excluding carboxylic acids is 1. The van der Waals surface area contributed by atoms with Gasteiger partial charge in [-0.25, -0.2) is 0 Å². The van der Waals surface area contributed by atoms with Gasteiger partial charge in [-0.3, -0.25) is 4.79 Å². The van der Waals surface area contributed by atoms with E-state index in [0.717, 1.165) is 6.42 Å². The highest BCUT2D eigenvalue weighted by Crippen LogP contribution is 2.19. The van der Waals surface area contributed by atoms with Crippen LogP contribution < -0.4 is 0 Å². The van der Waals surface area contributed by atoms with Crippen LogP contribution in [0.15, 0.2) is 0 Å². The van der Waals surface area contributed by atoms with Crippen molar-refractivity contribution in [2.45, 2.75) is 85.8 Å². The molecule has 0 amide bonds. The van der Waals surface area contributed by atoms with Gasteiger partial charge in [0.25, 0.3) is 0 Å². The molecule has 0 aliphatic carbocycles. The van der Waals surface area contributed by atoms with Crippen LogP contribution in [0, 0.1) is 0 Å². The van der Waals surface area contributed by atoms with Crippen LogP contribution >= 0.6 is 0 Å². The highest BCUT2D eigenvalue weighted by molar-refractivity contribution is 6.59. The van der Waals surface area contributed by atoms with E-state index in [1.54, 1.807) is 6.92 Å². The van der Waals surface area contributed by atoms with E-state index in [1.807, 2.05) is 41.2 Å². The molecule has 7 heteroatoms. The monoisotopic (exact) mass is 350 g/mol. The highest BCUT2D eigenvalue weighted by atomic mass is 28.4. The first-order valence-corrected chi connectivity index (χ1v) is 10.9. The van der Waals surface area contributed by atoms with Gasteiger partial charge in [0, 0.05) is 32.6 Å². The van der Waals surface area contributed by atoms with Crippen molar-refractivity contribution in [1.82, 2.24) is 0 Å². The lowest BCUT2D eigenvalue weighted by Gasteiger charge is -2.33. The molecule has 0 saturated carbocycles. The summed E-state index contributed by atoms with van der Waals surface area (Å²) in [5.74, 6) is -0.261. The van der Waals surface area contributed by atoms with Crippen molar-refractivity contribution in [2.24, 2.45) is 0 Å². The fourth-order valence-corrected chi connectivity index (χ4v) is 4.31. The van der Waals surface area contributed by atoms with E-state index in [1.165, 1.54) is 0 Å². The molecule has 0 rings (SSSR count). The van der Waals surface area contributed by atoms with Crippen molar-refractivity contribution in [3.05, 3.63) is 0 Å². The Morgan fingerprint density at radius 1 is 1.00 bits per heavy atom. The number of ether oxygens (including phenoxy) is 2. The highest BCUT2D eigenvalue weighted by Gasteiger charge is 2.38. The molecule has 0 N–H and O–H groups in total. The lowest BCUT2D eigenvalue weighted by atomic mass is 10.2. The van der Waals surface area contributed by atoms with Gasteiger partial charge in [-0.1, -0.05) is 20.8 Å². The van der Waals surface area contributed by atoms with Crippen LogP contribution in [0.4, 0.5) is 0 Å². The van der Waals surface area contributed by atoms with E-state index in [0.29, 0.717) is 26.1 Å². The molecule has 0 aromatic heterocycles. The average molecular weight is 351 g/mol. The lowest BCUT2D eigenvalue weighted by molar-refractivity contribution is -0.201. The molecular formula is C16H34O6Si. The largest absolute Gasteiger partial charge is 0.497 e. The van der Waals surface area contributed by atoms with Gasteiger partial charge in [0.2, 0.25) is 6.29 Å².